The molecule has 8 nitrogen and oxygen atoms in total. The smallest absolute Gasteiger partial charge is 0.327 e. The van der Waals surface area contributed by atoms with E-state index in [1.54, 1.807) is 11.9 Å². The first-order chi connectivity index (χ1) is 15.0. The van der Waals surface area contributed by atoms with E-state index in [1.807, 2.05) is 19.1 Å². The number of carbonyl (C=O) groups excluding carboxylic acids is 2. The summed E-state index contributed by atoms with van der Waals surface area (Å²) in [5.41, 5.74) is 1.08. The van der Waals surface area contributed by atoms with Gasteiger partial charge >= 0.3 is 6.03 Å². The van der Waals surface area contributed by atoms with Gasteiger partial charge in [-0.2, -0.15) is 0 Å². The van der Waals surface area contributed by atoms with Crippen molar-refractivity contribution in [2.45, 2.75) is 58.5 Å². The first-order valence-corrected chi connectivity index (χ1v) is 11.6. The molecule has 4 unspecified atom stereocenters. The highest BCUT2D eigenvalue weighted by Crippen LogP contribution is 2.35. The Hall–Kier alpha value is -2.32. The number of hydrogen-bond donors (Lipinski definition) is 1. The molecule has 8 heteroatoms. The Morgan fingerprint density at radius 3 is 2.52 bits per heavy atom. The minimum Gasteiger partial charge on any atom is -0.494 e. The van der Waals surface area contributed by atoms with Crippen LogP contribution in [0.15, 0.2) is 24.3 Å². The quantitative estimate of drug-likeness (QED) is 0.672. The third-order valence-electron chi connectivity index (χ3n) is 6.55. The maximum absolute atomic E-state index is 13.4. The number of carbonyl (C=O) groups is 2. The van der Waals surface area contributed by atoms with Crippen molar-refractivity contribution in [1.82, 2.24) is 20.0 Å². The van der Waals surface area contributed by atoms with Crippen LogP contribution in [0.5, 0.6) is 5.75 Å². The number of unbranched alkanes of at least 4 members (excludes halogenated alkanes) is 2. The zero-order valence-electron chi connectivity index (χ0n) is 19.1. The zero-order valence-corrected chi connectivity index (χ0v) is 19.1. The number of rotatable bonds is 7. The lowest BCUT2D eigenvalue weighted by Crippen LogP contribution is -2.66. The molecule has 4 atom stereocenters. The second-order valence-corrected chi connectivity index (χ2v) is 8.90. The highest BCUT2D eigenvalue weighted by molar-refractivity contribution is 6.00. The van der Waals surface area contributed by atoms with E-state index in [9.17, 15) is 9.59 Å². The van der Waals surface area contributed by atoms with Crippen LogP contribution in [-0.4, -0.2) is 78.4 Å². The van der Waals surface area contributed by atoms with E-state index in [2.05, 4.69) is 41.1 Å². The van der Waals surface area contributed by atoms with Crippen molar-refractivity contribution in [2.24, 2.45) is 5.92 Å². The Labute approximate surface area is 185 Å². The molecular weight excluding hydrogens is 394 g/mol. The number of benzene rings is 1. The average molecular weight is 430 g/mol. The molecular formula is C23H35N5O3. The van der Waals surface area contributed by atoms with E-state index >= 15 is 0 Å². The van der Waals surface area contributed by atoms with Gasteiger partial charge in [0.15, 0.2) is 0 Å². The molecule has 1 N–H and O–H groups in total. The molecule has 3 fully saturated rings. The number of ether oxygens (including phenoxy) is 1. The van der Waals surface area contributed by atoms with Crippen LogP contribution in [0.3, 0.4) is 0 Å². The summed E-state index contributed by atoms with van der Waals surface area (Å²) in [6, 6.07) is 7.55. The summed E-state index contributed by atoms with van der Waals surface area (Å²) in [7, 11) is 1.80. The van der Waals surface area contributed by atoms with Gasteiger partial charge in [0.1, 0.15) is 24.2 Å². The minimum atomic E-state index is -0.359. The molecule has 3 aliphatic heterocycles. The highest BCUT2D eigenvalue weighted by atomic mass is 16.5. The zero-order chi connectivity index (χ0) is 22.1. The molecule has 0 bridgehead atoms. The lowest BCUT2D eigenvalue weighted by molar-refractivity contribution is -0.138. The van der Waals surface area contributed by atoms with Crippen molar-refractivity contribution >= 4 is 17.6 Å². The van der Waals surface area contributed by atoms with Crippen molar-refractivity contribution in [2.75, 3.05) is 38.2 Å². The van der Waals surface area contributed by atoms with Gasteiger partial charge < -0.3 is 14.5 Å². The summed E-state index contributed by atoms with van der Waals surface area (Å²) in [6.07, 6.45) is 2.48. The third-order valence-corrected chi connectivity index (χ3v) is 6.55. The summed E-state index contributed by atoms with van der Waals surface area (Å²) in [6.45, 7) is 9.15. The van der Waals surface area contributed by atoms with Crippen LogP contribution in [0.2, 0.25) is 0 Å². The fourth-order valence-electron chi connectivity index (χ4n) is 5.05. The first kappa shape index (κ1) is 21.9. The van der Waals surface area contributed by atoms with Crippen LogP contribution in [0, 0.1) is 5.92 Å². The number of hydrogen-bond acceptors (Lipinski definition) is 6. The largest absolute Gasteiger partial charge is 0.494 e. The average Bonchev–Trinajstić information content (AvgIpc) is 3.14. The van der Waals surface area contributed by atoms with E-state index in [0.29, 0.717) is 19.1 Å². The van der Waals surface area contributed by atoms with Gasteiger partial charge in [0.2, 0.25) is 0 Å². The second kappa shape index (κ2) is 9.04. The van der Waals surface area contributed by atoms with Crippen LogP contribution < -0.4 is 15.0 Å². The van der Waals surface area contributed by atoms with E-state index in [1.165, 1.54) is 4.90 Å². The summed E-state index contributed by atoms with van der Waals surface area (Å²) < 4.78 is 5.59. The number of amides is 3. The summed E-state index contributed by atoms with van der Waals surface area (Å²) in [4.78, 5) is 34.1. The molecule has 3 heterocycles. The molecule has 170 valence electrons. The van der Waals surface area contributed by atoms with Crippen molar-refractivity contribution in [3.05, 3.63) is 24.3 Å². The van der Waals surface area contributed by atoms with Crippen LogP contribution in [0.25, 0.3) is 0 Å². The van der Waals surface area contributed by atoms with Gasteiger partial charge in [-0.05, 0) is 43.5 Å². The fourth-order valence-corrected chi connectivity index (χ4v) is 5.05. The summed E-state index contributed by atoms with van der Waals surface area (Å²) in [5.74, 6) is 1.18. The monoisotopic (exact) mass is 429 g/mol. The maximum atomic E-state index is 13.4. The Kier molecular flexibility index (Phi) is 6.39. The number of imide groups is 1. The molecule has 0 radical (unpaired) electrons. The molecule has 0 spiro atoms. The van der Waals surface area contributed by atoms with Crippen LogP contribution >= 0.6 is 0 Å². The molecule has 0 saturated carbocycles. The van der Waals surface area contributed by atoms with Gasteiger partial charge in [0.05, 0.1) is 6.61 Å². The second-order valence-electron chi connectivity index (χ2n) is 8.90. The van der Waals surface area contributed by atoms with Gasteiger partial charge in [0, 0.05) is 32.4 Å². The number of urea groups is 1. The van der Waals surface area contributed by atoms with E-state index < -0.39 is 0 Å². The van der Waals surface area contributed by atoms with Crippen LogP contribution in [0.1, 0.15) is 40.0 Å². The van der Waals surface area contributed by atoms with Gasteiger partial charge in [-0.15, -0.1) is 0 Å². The standard InChI is InChI=1S/C23H35N5O3/c1-5-7-8-13-26-21(29)19-20(25(4)23(26)30)24-22-27(14-16(3)15-28(19)22)17-9-11-18(12-10-17)31-6-2/h9-12,16,19-20,22,24H,5-8,13-15H2,1-4H3. The Morgan fingerprint density at radius 1 is 1.10 bits per heavy atom. The normalized spacial score (nSPS) is 28.7. The van der Waals surface area contributed by atoms with Crippen LogP contribution in [0.4, 0.5) is 10.5 Å². The number of nitrogens with one attached hydrogen (secondary N) is 1. The lowest BCUT2D eigenvalue weighted by atomic mass is 10.0. The van der Waals surface area contributed by atoms with Crippen molar-refractivity contribution < 1.29 is 14.3 Å². The molecule has 3 aliphatic rings. The number of likely N-dealkylation sites (N-methyl/N-ethyl adjacent to an activating group) is 1. The topological polar surface area (TPSA) is 68.4 Å². The number of fused-ring (bicyclic) bond motifs is 3. The predicted molar refractivity (Wildman–Crippen MR) is 120 cm³/mol. The lowest BCUT2D eigenvalue weighted by Gasteiger charge is -2.46. The fraction of sp³-hybridized carbons (Fsp3) is 0.652. The van der Waals surface area contributed by atoms with Crippen molar-refractivity contribution in [3.8, 4) is 5.75 Å². The third kappa shape index (κ3) is 3.99. The molecule has 0 aromatic heterocycles. The van der Waals surface area contributed by atoms with Gasteiger partial charge in [-0.1, -0.05) is 26.7 Å². The Morgan fingerprint density at radius 2 is 1.84 bits per heavy atom. The van der Waals surface area contributed by atoms with Gasteiger partial charge in [0.25, 0.3) is 5.91 Å². The van der Waals surface area contributed by atoms with E-state index in [-0.39, 0.29) is 30.4 Å². The highest BCUT2D eigenvalue weighted by Gasteiger charge is 2.56. The van der Waals surface area contributed by atoms with E-state index in [0.717, 1.165) is 43.8 Å². The van der Waals surface area contributed by atoms with E-state index in [4.69, 9.17) is 4.74 Å². The molecule has 0 aliphatic carbocycles. The SMILES string of the molecule is CCCCCN1C(=O)C2C(NC3N(c4ccc(OCC)cc4)CC(C)CN23)N(C)C1=O. The summed E-state index contributed by atoms with van der Waals surface area (Å²) >= 11 is 0. The summed E-state index contributed by atoms with van der Waals surface area (Å²) in [5, 5.41) is 3.58. The van der Waals surface area contributed by atoms with Crippen LogP contribution in [-0.2, 0) is 4.79 Å². The molecule has 1 aromatic carbocycles. The number of anilines is 1. The maximum Gasteiger partial charge on any atom is 0.327 e. The molecule has 31 heavy (non-hydrogen) atoms. The first-order valence-electron chi connectivity index (χ1n) is 11.6. The molecule has 3 amide bonds. The number of nitrogens with zero attached hydrogens (tertiary/aromatic N) is 4. The van der Waals surface area contributed by atoms with Crippen molar-refractivity contribution in [1.29, 1.82) is 0 Å². The molecule has 1 aromatic rings. The Balaban J connectivity index is 1.58. The van der Waals surface area contributed by atoms with Gasteiger partial charge in [-0.25, -0.2) is 4.79 Å². The predicted octanol–water partition coefficient (Wildman–Crippen LogP) is 2.51. The minimum absolute atomic E-state index is 0.0695. The Bertz CT molecular complexity index is 801. The molecule has 3 saturated heterocycles. The van der Waals surface area contributed by atoms with Crippen molar-refractivity contribution in [3.63, 3.8) is 0 Å². The molecule has 4 rings (SSSR count). The van der Waals surface area contributed by atoms with Gasteiger partial charge in [-0.3, -0.25) is 19.9 Å².